The first kappa shape index (κ1) is 12.0. The molecule has 17 heavy (non-hydrogen) atoms. The SMILES string of the molecule is CCNC(c1sccc1Cl)C1CC2CCC1O2. The van der Waals surface area contributed by atoms with Gasteiger partial charge >= 0.3 is 0 Å². The third kappa shape index (κ3) is 2.14. The summed E-state index contributed by atoms with van der Waals surface area (Å²) in [5, 5.41) is 6.58. The highest BCUT2D eigenvalue weighted by atomic mass is 35.5. The molecule has 1 N–H and O–H groups in total. The number of rotatable bonds is 4. The molecule has 2 fully saturated rings. The topological polar surface area (TPSA) is 21.3 Å². The molecule has 4 heteroatoms. The van der Waals surface area contributed by atoms with Gasteiger partial charge in [-0.3, -0.25) is 0 Å². The molecule has 1 aromatic heterocycles. The van der Waals surface area contributed by atoms with Gasteiger partial charge in [0.25, 0.3) is 0 Å². The molecular formula is C13H18ClNOS. The first-order valence-corrected chi connectivity index (χ1v) is 7.67. The van der Waals surface area contributed by atoms with Crippen molar-refractivity contribution < 1.29 is 4.74 Å². The summed E-state index contributed by atoms with van der Waals surface area (Å²) in [7, 11) is 0. The van der Waals surface area contributed by atoms with Crippen molar-refractivity contribution >= 4 is 22.9 Å². The third-order valence-corrected chi connectivity index (χ3v) is 5.37. The van der Waals surface area contributed by atoms with Crippen LogP contribution < -0.4 is 5.32 Å². The minimum atomic E-state index is 0.378. The fraction of sp³-hybridized carbons (Fsp3) is 0.692. The van der Waals surface area contributed by atoms with Crippen molar-refractivity contribution in [2.45, 2.75) is 44.4 Å². The van der Waals surface area contributed by atoms with Crippen molar-refractivity contribution in [3.8, 4) is 0 Å². The summed E-state index contributed by atoms with van der Waals surface area (Å²) in [6, 6.07) is 2.38. The number of hydrogen-bond acceptors (Lipinski definition) is 3. The second-order valence-corrected chi connectivity index (χ2v) is 6.30. The summed E-state index contributed by atoms with van der Waals surface area (Å²) < 4.78 is 5.97. The smallest absolute Gasteiger partial charge is 0.0627 e. The molecule has 4 atom stereocenters. The summed E-state index contributed by atoms with van der Waals surface area (Å²) >= 11 is 8.04. The predicted octanol–water partition coefficient (Wildman–Crippen LogP) is 3.62. The van der Waals surface area contributed by atoms with Crippen LogP contribution in [0.5, 0.6) is 0 Å². The van der Waals surface area contributed by atoms with E-state index in [0.717, 1.165) is 11.6 Å². The van der Waals surface area contributed by atoms with Gasteiger partial charge in [-0.2, -0.15) is 0 Å². The number of hydrogen-bond donors (Lipinski definition) is 1. The molecular weight excluding hydrogens is 254 g/mol. The van der Waals surface area contributed by atoms with E-state index in [2.05, 4.69) is 17.6 Å². The van der Waals surface area contributed by atoms with E-state index in [1.54, 1.807) is 11.3 Å². The van der Waals surface area contributed by atoms with Crippen LogP contribution in [0.3, 0.4) is 0 Å². The molecule has 2 bridgehead atoms. The van der Waals surface area contributed by atoms with Crippen molar-refractivity contribution in [1.29, 1.82) is 0 Å². The number of nitrogens with one attached hydrogen (secondary N) is 1. The number of thiophene rings is 1. The molecule has 0 saturated carbocycles. The van der Waals surface area contributed by atoms with Crippen LogP contribution in [0, 0.1) is 5.92 Å². The average Bonchev–Trinajstić information content (AvgIpc) is 3.01. The summed E-state index contributed by atoms with van der Waals surface area (Å²) in [6.07, 6.45) is 4.61. The molecule has 2 nitrogen and oxygen atoms in total. The normalized spacial score (nSPS) is 33.2. The zero-order valence-corrected chi connectivity index (χ0v) is 11.6. The van der Waals surface area contributed by atoms with Gasteiger partial charge in [-0.15, -0.1) is 11.3 Å². The lowest BCUT2D eigenvalue weighted by Crippen LogP contribution is -2.33. The first-order chi connectivity index (χ1) is 8.29. The second-order valence-electron chi connectivity index (χ2n) is 4.94. The maximum absolute atomic E-state index is 6.28. The number of fused-ring (bicyclic) bond motifs is 2. The molecule has 3 heterocycles. The Morgan fingerprint density at radius 3 is 3.00 bits per heavy atom. The number of halogens is 1. The Bertz CT molecular complexity index is 395. The Morgan fingerprint density at radius 1 is 1.59 bits per heavy atom. The monoisotopic (exact) mass is 271 g/mol. The largest absolute Gasteiger partial charge is 0.375 e. The van der Waals surface area contributed by atoms with E-state index in [4.69, 9.17) is 16.3 Å². The highest BCUT2D eigenvalue weighted by Crippen LogP contribution is 2.46. The van der Waals surface area contributed by atoms with Crippen molar-refractivity contribution in [1.82, 2.24) is 5.32 Å². The zero-order chi connectivity index (χ0) is 11.8. The lowest BCUT2D eigenvalue weighted by atomic mass is 9.83. The summed E-state index contributed by atoms with van der Waals surface area (Å²) in [6.45, 7) is 3.13. The Balaban J connectivity index is 1.83. The van der Waals surface area contributed by atoms with Crippen LogP contribution in [-0.4, -0.2) is 18.8 Å². The molecule has 2 aliphatic heterocycles. The molecule has 94 valence electrons. The van der Waals surface area contributed by atoms with Crippen LogP contribution in [0.1, 0.15) is 37.1 Å². The maximum Gasteiger partial charge on any atom is 0.0627 e. The molecule has 2 aliphatic rings. The molecule has 0 spiro atoms. The molecule has 4 unspecified atom stereocenters. The summed E-state index contributed by atoms with van der Waals surface area (Å²) in [5.74, 6) is 0.602. The van der Waals surface area contributed by atoms with Gasteiger partial charge in [0.15, 0.2) is 0 Å². The van der Waals surface area contributed by atoms with E-state index in [9.17, 15) is 0 Å². The number of ether oxygens (including phenoxy) is 1. The Morgan fingerprint density at radius 2 is 2.47 bits per heavy atom. The minimum Gasteiger partial charge on any atom is -0.375 e. The van der Waals surface area contributed by atoms with Crippen LogP contribution in [0.25, 0.3) is 0 Å². The second kappa shape index (κ2) is 4.88. The molecule has 0 radical (unpaired) electrons. The molecule has 0 aliphatic carbocycles. The van der Waals surface area contributed by atoms with Gasteiger partial charge in [0.2, 0.25) is 0 Å². The molecule has 0 aromatic carbocycles. The van der Waals surface area contributed by atoms with Gasteiger partial charge in [-0.1, -0.05) is 18.5 Å². The predicted molar refractivity (Wildman–Crippen MR) is 71.7 cm³/mol. The van der Waals surface area contributed by atoms with Crippen molar-refractivity contribution in [3.63, 3.8) is 0 Å². The molecule has 1 aromatic rings. The van der Waals surface area contributed by atoms with Gasteiger partial charge in [-0.25, -0.2) is 0 Å². The Hall–Kier alpha value is -0.0900. The van der Waals surface area contributed by atoms with E-state index in [1.807, 2.05) is 6.07 Å². The zero-order valence-electron chi connectivity index (χ0n) is 9.99. The summed E-state index contributed by atoms with van der Waals surface area (Å²) in [4.78, 5) is 1.29. The van der Waals surface area contributed by atoms with Crippen LogP contribution in [0.2, 0.25) is 5.02 Å². The van der Waals surface area contributed by atoms with Crippen molar-refractivity contribution in [2.75, 3.05) is 6.54 Å². The fourth-order valence-electron chi connectivity index (χ4n) is 3.21. The van der Waals surface area contributed by atoms with Crippen molar-refractivity contribution in [3.05, 3.63) is 21.3 Å². The third-order valence-electron chi connectivity index (χ3n) is 3.93. The van der Waals surface area contributed by atoms with Gasteiger partial charge in [0.1, 0.15) is 0 Å². The average molecular weight is 272 g/mol. The highest BCUT2D eigenvalue weighted by Gasteiger charge is 2.45. The quantitative estimate of drug-likeness (QED) is 0.903. The standard InChI is InChI=1S/C13H18ClNOS/c1-2-15-12(13-10(14)5-6-17-13)9-7-8-3-4-11(9)16-8/h5-6,8-9,11-12,15H,2-4,7H2,1H3. The lowest BCUT2D eigenvalue weighted by Gasteiger charge is -2.28. The lowest BCUT2D eigenvalue weighted by molar-refractivity contribution is 0.0861. The Kier molecular flexibility index (Phi) is 3.44. The highest BCUT2D eigenvalue weighted by molar-refractivity contribution is 7.10. The van der Waals surface area contributed by atoms with Gasteiger partial charge in [0, 0.05) is 16.8 Å². The van der Waals surface area contributed by atoms with Crippen LogP contribution in [0.4, 0.5) is 0 Å². The molecule has 3 rings (SSSR count). The summed E-state index contributed by atoms with van der Waals surface area (Å²) in [5.41, 5.74) is 0. The van der Waals surface area contributed by atoms with Gasteiger partial charge in [0.05, 0.1) is 17.2 Å². The fourth-order valence-corrected chi connectivity index (χ4v) is 4.54. The molecule has 2 saturated heterocycles. The van der Waals surface area contributed by atoms with Crippen LogP contribution in [0.15, 0.2) is 11.4 Å². The van der Waals surface area contributed by atoms with E-state index in [-0.39, 0.29) is 0 Å². The van der Waals surface area contributed by atoms with E-state index < -0.39 is 0 Å². The molecule has 0 amide bonds. The minimum absolute atomic E-state index is 0.378. The first-order valence-electron chi connectivity index (χ1n) is 6.41. The maximum atomic E-state index is 6.28. The van der Waals surface area contributed by atoms with E-state index in [0.29, 0.717) is 24.2 Å². The van der Waals surface area contributed by atoms with Gasteiger partial charge in [-0.05, 0) is 37.3 Å². The van der Waals surface area contributed by atoms with Crippen LogP contribution in [-0.2, 0) is 4.74 Å². The van der Waals surface area contributed by atoms with Crippen molar-refractivity contribution in [2.24, 2.45) is 5.92 Å². The van der Waals surface area contributed by atoms with E-state index >= 15 is 0 Å². The van der Waals surface area contributed by atoms with Crippen LogP contribution >= 0.6 is 22.9 Å². The van der Waals surface area contributed by atoms with E-state index in [1.165, 1.54) is 24.1 Å². The van der Waals surface area contributed by atoms with Gasteiger partial charge < -0.3 is 10.1 Å². The Labute approximate surface area is 111 Å².